The SMILES string of the molecule is [CH3][Ge]([O][Ge]([CH3])([c]1ccccc1)[c]1ccccc1)([c]1ccccc1)[c]1ccccc1. The molecule has 144 valence electrons. The summed E-state index contributed by atoms with van der Waals surface area (Å²) in [7, 11) is 0. The van der Waals surface area contributed by atoms with E-state index in [9.17, 15) is 0 Å². The minimum absolute atomic E-state index is 1.36. The van der Waals surface area contributed by atoms with Gasteiger partial charge in [-0.25, -0.2) is 0 Å². The zero-order chi connectivity index (χ0) is 20.2. The van der Waals surface area contributed by atoms with Gasteiger partial charge in [0.1, 0.15) is 0 Å². The molecule has 0 unspecified atom stereocenters. The summed E-state index contributed by atoms with van der Waals surface area (Å²) in [4.78, 5) is 0. The molecule has 4 aromatic rings. The van der Waals surface area contributed by atoms with Gasteiger partial charge in [0, 0.05) is 0 Å². The topological polar surface area (TPSA) is 9.23 Å². The second-order valence-corrected chi connectivity index (χ2v) is 23.8. The van der Waals surface area contributed by atoms with Crippen molar-refractivity contribution in [2.45, 2.75) is 11.5 Å². The van der Waals surface area contributed by atoms with E-state index < -0.39 is 27.2 Å². The summed E-state index contributed by atoms with van der Waals surface area (Å²) in [5, 5.41) is 0. The Labute approximate surface area is 179 Å². The second kappa shape index (κ2) is 8.74. The van der Waals surface area contributed by atoms with E-state index in [0.29, 0.717) is 0 Å². The number of hydrogen-bond acceptors (Lipinski definition) is 1. The fourth-order valence-corrected chi connectivity index (χ4v) is 29.1. The van der Waals surface area contributed by atoms with Crippen LogP contribution in [0.1, 0.15) is 0 Å². The van der Waals surface area contributed by atoms with E-state index in [4.69, 9.17) is 2.79 Å². The Morgan fingerprint density at radius 2 is 0.586 bits per heavy atom. The standard InChI is InChI=1S/C26H26Ge2O/c1-27(23-15-7-3-8-16-23,24-17-9-4-10-18-24)29-28(2,25-19-11-5-12-20-25)26-21-13-6-14-22-26/h3-22H,1-2H3. The molecular weight excluding hydrogens is 474 g/mol. The molecule has 0 radical (unpaired) electrons. The van der Waals surface area contributed by atoms with Gasteiger partial charge >= 0.3 is 180 Å². The van der Waals surface area contributed by atoms with Gasteiger partial charge in [0.2, 0.25) is 0 Å². The van der Waals surface area contributed by atoms with Crippen molar-refractivity contribution in [1.82, 2.24) is 0 Å². The third-order valence-electron chi connectivity index (χ3n) is 5.71. The van der Waals surface area contributed by atoms with E-state index in [1.165, 1.54) is 17.6 Å². The van der Waals surface area contributed by atoms with Crippen LogP contribution in [0.15, 0.2) is 121 Å². The van der Waals surface area contributed by atoms with Crippen LogP contribution in [-0.2, 0) is 2.79 Å². The molecule has 3 heteroatoms. The number of hydrogen-bond donors (Lipinski definition) is 0. The van der Waals surface area contributed by atoms with Crippen molar-refractivity contribution >= 4 is 44.8 Å². The van der Waals surface area contributed by atoms with Crippen LogP contribution in [0.25, 0.3) is 0 Å². The van der Waals surface area contributed by atoms with Gasteiger partial charge in [-0.3, -0.25) is 0 Å². The van der Waals surface area contributed by atoms with Crippen LogP contribution in [0, 0.1) is 0 Å². The number of benzene rings is 4. The van der Waals surface area contributed by atoms with E-state index in [0.717, 1.165) is 0 Å². The van der Waals surface area contributed by atoms with Gasteiger partial charge in [-0.05, 0) is 0 Å². The van der Waals surface area contributed by atoms with Crippen LogP contribution in [0.4, 0.5) is 0 Å². The zero-order valence-electron chi connectivity index (χ0n) is 17.0. The first-order valence-corrected chi connectivity index (χ1v) is 20.2. The molecule has 0 saturated heterocycles. The monoisotopic (exact) mass is 502 g/mol. The first-order chi connectivity index (χ1) is 14.1. The summed E-state index contributed by atoms with van der Waals surface area (Å²) in [6, 6.07) is 43.5. The van der Waals surface area contributed by atoms with Gasteiger partial charge in [-0.1, -0.05) is 0 Å². The first kappa shape index (κ1) is 20.2. The maximum absolute atomic E-state index is 7.54. The Kier molecular flexibility index (Phi) is 6.09. The average molecular weight is 500 g/mol. The summed E-state index contributed by atoms with van der Waals surface area (Å²) >= 11 is -6.15. The van der Waals surface area contributed by atoms with Crippen molar-refractivity contribution in [1.29, 1.82) is 0 Å². The zero-order valence-corrected chi connectivity index (χ0v) is 21.2. The summed E-state index contributed by atoms with van der Waals surface area (Å²) in [6.45, 7) is 0. The molecule has 0 fully saturated rings. The quantitative estimate of drug-likeness (QED) is 0.367. The van der Waals surface area contributed by atoms with Gasteiger partial charge < -0.3 is 0 Å². The molecule has 4 aromatic carbocycles. The molecule has 0 atom stereocenters. The molecule has 0 saturated carbocycles. The van der Waals surface area contributed by atoms with E-state index >= 15 is 0 Å². The third-order valence-corrected chi connectivity index (χ3v) is 28.4. The fourth-order valence-electron chi connectivity index (χ4n) is 4.00. The van der Waals surface area contributed by atoms with Crippen molar-refractivity contribution < 1.29 is 2.79 Å². The molecule has 0 aromatic heterocycles. The van der Waals surface area contributed by atoms with Gasteiger partial charge in [0.05, 0.1) is 0 Å². The molecule has 0 aliphatic carbocycles. The van der Waals surface area contributed by atoms with Crippen molar-refractivity contribution in [2.75, 3.05) is 0 Å². The van der Waals surface area contributed by atoms with Crippen molar-refractivity contribution in [3.05, 3.63) is 121 Å². The Morgan fingerprint density at radius 1 is 0.379 bits per heavy atom. The molecule has 0 N–H and O–H groups in total. The van der Waals surface area contributed by atoms with E-state index in [2.05, 4.69) is 133 Å². The van der Waals surface area contributed by atoms with E-state index in [1.807, 2.05) is 0 Å². The molecule has 4 rings (SSSR count). The predicted octanol–water partition coefficient (Wildman–Crippen LogP) is 3.78. The van der Waals surface area contributed by atoms with Crippen LogP contribution < -0.4 is 17.6 Å². The van der Waals surface area contributed by atoms with Gasteiger partial charge in [0.25, 0.3) is 0 Å². The van der Waals surface area contributed by atoms with Crippen molar-refractivity contribution in [3.8, 4) is 0 Å². The molecule has 0 aliphatic heterocycles. The number of rotatable bonds is 6. The molecule has 0 spiro atoms. The fraction of sp³-hybridized carbons (Fsp3) is 0.0769. The molecule has 1 nitrogen and oxygen atoms in total. The van der Waals surface area contributed by atoms with Crippen LogP contribution in [0.2, 0.25) is 11.5 Å². The second-order valence-electron chi connectivity index (χ2n) is 7.63. The predicted molar refractivity (Wildman–Crippen MR) is 129 cm³/mol. The Morgan fingerprint density at radius 3 is 0.793 bits per heavy atom. The average Bonchev–Trinajstić information content (AvgIpc) is 2.81. The summed E-state index contributed by atoms with van der Waals surface area (Å²) in [5.41, 5.74) is 0. The summed E-state index contributed by atoms with van der Waals surface area (Å²) < 4.78 is 13.0. The van der Waals surface area contributed by atoms with Gasteiger partial charge in [-0.15, -0.1) is 0 Å². The molecule has 0 bridgehead atoms. The Hall–Kier alpha value is -2.07. The molecule has 0 amide bonds. The molecule has 29 heavy (non-hydrogen) atoms. The summed E-state index contributed by atoms with van der Waals surface area (Å²) in [5.74, 6) is 4.81. The van der Waals surface area contributed by atoms with Crippen LogP contribution >= 0.6 is 0 Å². The Bertz CT molecular complexity index is 869. The molecule has 0 heterocycles. The molecule has 0 aliphatic rings. The third kappa shape index (κ3) is 4.13. The first-order valence-electron chi connectivity index (χ1n) is 10.1. The van der Waals surface area contributed by atoms with Gasteiger partial charge in [0.15, 0.2) is 0 Å². The summed E-state index contributed by atoms with van der Waals surface area (Å²) in [6.07, 6.45) is 0. The van der Waals surface area contributed by atoms with Gasteiger partial charge in [-0.2, -0.15) is 0 Å². The van der Waals surface area contributed by atoms with Crippen molar-refractivity contribution in [3.63, 3.8) is 0 Å². The van der Waals surface area contributed by atoms with Crippen molar-refractivity contribution in [2.24, 2.45) is 0 Å². The van der Waals surface area contributed by atoms with E-state index in [-0.39, 0.29) is 0 Å². The maximum atomic E-state index is 7.54. The van der Waals surface area contributed by atoms with E-state index in [1.54, 1.807) is 0 Å². The van der Waals surface area contributed by atoms with Crippen LogP contribution in [0.3, 0.4) is 0 Å². The molecular formula is C26H26Ge2O. The normalized spacial score (nSPS) is 11.9. The van der Waals surface area contributed by atoms with Crippen LogP contribution in [-0.4, -0.2) is 27.2 Å². The Balaban J connectivity index is 1.91. The minimum atomic E-state index is -3.08. The van der Waals surface area contributed by atoms with Crippen LogP contribution in [0.5, 0.6) is 0 Å².